The molecule has 1 saturated heterocycles. The van der Waals surface area contributed by atoms with Gasteiger partial charge in [0, 0.05) is 31.2 Å². The standard InChI is InChI=1S/C18H25N3O4/c22-17-5-4-16(21(23)24)12-15(17)13-19-14-18(6-2-1-3-7-18)20-8-10-25-11-9-20/h4-5,12-13,22H,1-3,6-11,14H2. The van der Waals surface area contributed by atoms with Gasteiger partial charge in [0.2, 0.25) is 0 Å². The summed E-state index contributed by atoms with van der Waals surface area (Å²) in [6, 6.07) is 3.78. The summed E-state index contributed by atoms with van der Waals surface area (Å²) in [5.41, 5.74) is 0.326. The lowest BCUT2D eigenvalue weighted by molar-refractivity contribution is -0.959. The number of nitrogens with one attached hydrogen (secondary N) is 1. The third-order valence-electron chi connectivity index (χ3n) is 5.49. The van der Waals surface area contributed by atoms with E-state index in [1.165, 1.54) is 43.7 Å². The third kappa shape index (κ3) is 4.16. The molecular formula is C18H25N3O4. The number of morpholine rings is 1. The van der Waals surface area contributed by atoms with E-state index in [-0.39, 0.29) is 22.5 Å². The smallest absolute Gasteiger partial charge is 0.270 e. The Morgan fingerprint density at radius 1 is 1.24 bits per heavy atom. The van der Waals surface area contributed by atoms with Crippen LogP contribution in [0.2, 0.25) is 0 Å². The van der Waals surface area contributed by atoms with E-state index in [0.717, 1.165) is 39.1 Å². The van der Waals surface area contributed by atoms with Crippen molar-refractivity contribution in [3.63, 3.8) is 0 Å². The molecule has 0 radical (unpaired) electrons. The topological polar surface area (TPSA) is 92.2 Å². The Morgan fingerprint density at radius 3 is 2.64 bits per heavy atom. The molecule has 25 heavy (non-hydrogen) atoms. The summed E-state index contributed by atoms with van der Waals surface area (Å²) in [6.07, 6.45) is 7.49. The lowest BCUT2D eigenvalue weighted by Gasteiger charge is -2.44. The van der Waals surface area contributed by atoms with Crippen molar-refractivity contribution in [1.29, 1.82) is 0 Å². The fraction of sp³-hybridized carbons (Fsp3) is 0.611. The highest BCUT2D eigenvalue weighted by molar-refractivity contribution is 5.84. The summed E-state index contributed by atoms with van der Waals surface area (Å²) in [5.74, 6) is -0.231. The minimum atomic E-state index is -0.489. The van der Waals surface area contributed by atoms with Crippen LogP contribution in [-0.2, 0) is 4.74 Å². The molecule has 136 valence electrons. The zero-order chi connectivity index (χ0) is 17.7. The fourth-order valence-electron chi connectivity index (χ4n) is 4.07. The normalized spacial score (nSPS) is 21.4. The van der Waals surface area contributed by atoms with Crippen molar-refractivity contribution in [3.05, 3.63) is 33.9 Å². The molecule has 3 rings (SSSR count). The maximum absolute atomic E-state index is 11.9. The van der Waals surface area contributed by atoms with Crippen LogP contribution in [0.3, 0.4) is 0 Å². The van der Waals surface area contributed by atoms with Gasteiger partial charge in [0.25, 0.3) is 5.69 Å². The van der Waals surface area contributed by atoms with E-state index in [0.29, 0.717) is 6.54 Å². The number of hydrogen-bond donors (Lipinski definition) is 1. The molecule has 1 N–H and O–H groups in total. The Kier molecular flexibility index (Phi) is 5.65. The third-order valence-corrected chi connectivity index (χ3v) is 5.49. The second-order valence-electron chi connectivity index (χ2n) is 7.01. The predicted octanol–water partition coefficient (Wildman–Crippen LogP) is 0.705. The first-order valence-electron chi connectivity index (χ1n) is 8.99. The van der Waals surface area contributed by atoms with Gasteiger partial charge in [0.15, 0.2) is 0 Å². The van der Waals surface area contributed by atoms with Crippen molar-refractivity contribution in [3.8, 4) is 5.75 Å². The van der Waals surface area contributed by atoms with E-state index in [1.54, 1.807) is 4.90 Å². The molecule has 7 heteroatoms. The summed E-state index contributed by atoms with van der Waals surface area (Å²) < 4.78 is 5.50. The van der Waals surface area contributed by atoms with E-state index >= 15 is 0 Å². The Morgan fingerprint density at radius 2 is 1.96 bits per heavy atom. The van der Waals surface area contributed by atoms with Gasteiger partial charge in [-0.3, -0.25) is 15.1 Å². The lowest BCUT2D eigenvalue weighted by Crippen LogP contribution is -3.22. The highest BCUT2D eigenvalue weighted by atomic mass is 16.6. The number of benzene rings is 1. The number of rotatable bonds is 5. The van der Waals surface area contributed by atoms with Crippen molar-refractivity contribution in [2.45, 2.75) is 37.6 Å². The Hall–Kier alpha value is -1.99. The number of nitrogens with zero attached hydrogens (tertiary/aromatic N) is 2. The number of ether oxygens (including phenoxy) is 1. The van der Waals surface area contributed by atoms with E-state index in [4.69, 9.17) is 4.74 Å². The zero-order valence-corrected chi connectivity index (χ0v) is 14.4. The second kappa shape index (κ2) is 7.93. The molecule has 0 atom stereocenters. The maximum Gasteiger partial charge on any atom is 0.270 e. The summed E-state index contributed by atoms with van der Waals surface area (Å²) in [4.78, 5) is 16.5. The molecule has 1 aromatic carbocycles. The fourth-order valence-corrected chi connectivity index (χ4v) is 4.07. The average Bonchev–Trinajstić information content (AvgIpc) is 2.64. The molecule has 0 spiro atoms. The number of non-ortho nitro benzene ring substituents is 1. The van der Waals surface area contributed by atoms with Crippen molar-refractivity contribution < 1.29 is 19.7 Å². The SMILES string of the molecule is O=[N+]([O-])c1ccc([O-])c(C=NCC2([NH+]3CCOCC3)CCCCC2)c1. The van der Waals surface area contributed by atoms with Crippen LogP contribution >= 0.6 is 0 Å². The highest BCUT2D eigenvalue weighted by Gasteiger charge is 2.42. The van der Waals surface area contributed by atoms with Crippen LogP contribution in [0.4, 0.5) is 5.69 Å². The monoisotopic (exact) mass is 347 g/mol. The molecule has 2 aliphatic rings. The summed E-state index contributed by atoms with van der Waals surface area (Å²) in [6.45, 7) is 4.23. The first kappa shape index (κ1) is 17.8. The van der Waals surface area contributed by atoms with Crippen molar-refractivity contribution in [2.24, 2.45) is 4.99 Å². The molecule has 0 unspecified atom stereocenters. The van der Waals surface area contributed by atoms with Crippen molar-refractivity contribution in [2.75, 3.05) is 32.8 Å². The molecule has 1 saturated carbocycles. The molecule has 0 aromatic heterocycles. The molecule has 1 aliphatic carbocycles. The number of quaternary nitrogens is 1. The molecule has 1 aromatic rings. The minimum absolute atomic E-state index is 0.0766. The largest absolute Gasteiger partial charge is 0.872 e. The zero-order valence-electron chi connectivity index (χ0n) is 14.4. The lowest BCUT2D eigenvalue weighted by atomic mass is 9.80. The van der Waals surface area contributed by atoms with Gasteiger partial charge in [-0.15, -0.1) is 0 Å². The summed E-state index contributed by atoms with van der Waals surface area (Å²) in [7, 11) is 0. The van der Waals surface area contributed by atoms with Gasteiger partial charge in [-0.05, 0) is 18.4 Å². The van der Waals surface area contributed by atoms with Crippen molar-refractivity contribution >= 4 is 11.9 Å². The van der Waals surface area contributed by atoms with Gasteiger partial charge < -0.3 is 14.7 Å². The molecular weight excluding hydrogens is 322 g/mol. The van der Waals surface area contributed by atoms with Crippen LogP contribution in [0.25, 0.3) is 0 Å². The van der Waals surface area contributed by atoms with E-state index in [9.17, 15) is 15.2 Å². The number of nitro groups is 1. The molecule has 2 fully saturated rings. The maximum atomic E-state index is 11.9. The van der Waals surface area contributed by atoms with Gasteiger partial charge in [-0.2, -0.15) is 0 Å². The first-order valence-corrected chi connectivity index (χ1v) is 8.99. The van der Waals surface area contributed by atoms with Gasteiger partial charge >= 0.3 is 0 Å². The molecule has 1 heterocycles. The predicted molar refractivity (Wildman–Crippen MR) is 92.3 cm³/mol. The van der Waals surface area contributed by atoms with Crippen LogP contribution < -0.4 is 10.0 Å². The van der Waals surface area contributed by atoms with Crippen LogP contribution in [0.1, 0.15) is 37.7 Å². The molecule has 1 aliphatic heterocycles. The van der Waals surface area contributed by atoms with Crippen LogP contribution in [-0.4, -0.2) is 49.5 Å². The Balaban J connectivity index is 1.75. The molecule has 7 nitrogen and oxygen atoms in total. The van der Waals surface area contributed by atoms with Gasteiger partial charge in [-0.1, -0.05) is 18.2 Å². The van der Waals surface area contributed by atoms with Gasteiger partial charge in [0.1, 0.15) is 18.6 Å². The summed E-state index contributed by atoms with van der Waals surface area (Å²) >= 11 is 0. The number of aliphatic imine (C=N–C) groups is 1. The van der Waals surface area contributed by atoms with Crippen LogP contribution in [0.5, 0.6) is 5.75 Å². The molecule has 0 amide bonds. The number of hydrogen-bond acceptors (Lipinski definition) is 5. The highest BCUT2D eigenvalue weighted by Crippen LogP contribution is 2.26. The average molecular weight is 347 g/mol. The summed E-state index contributed by atoms with van der Waals surface area (Å²) in [5, 5.41) is 22.8. The van der Waals surface area contributed by atoms with Gasteiger partial charge in [0.05, 0.1) is 24.7 Å². The number of nitro benzene ring substituents is 1. The molecule has 0 bridgehead atoms. The van der Waals surface area contributed by atoms with E-state index < -0.39 is 4.92 Å². The van der Waals surface area contributed by atoms with Crippen LogP contribution in [0.15, 0.2) is 23.2 Å². The Labute approximate surface area is 147 Å². The first-order chi connectivity index (χ1) is 12.1. The van der Waals surface area contributed by atoms with Gasteiger partial charge in [-0.25, -0.2) is 0 Å². The van der Waals surface area contributed by atoms with Crippen LogP contribution in [0, 0.1) is 10.1 Å². The second-order valence-corrected chi connectivity index (χ2v) is 7.01. The van der Waals surface area contributed by atoms with E-state index in [1.807, 2.05) is 0 Å². The van der Waals surface area contributed by atoms with E-state index in [2.05, 4.69) is 4.99 Å². The van der Waals surface area contributed by atoms with Crippen molar-refractivity contribution in [1.82, 2.24) is 0 Å². The quantitative estimate of drug-likeness (QED) is 0.482. The minimum Gasteiger partial charge on any atom is -0.872 e. The Bertz CT molecular complexity index is 635.